The molecular formula is C35H30N2O4. The van der Waals surface area contributed by atoms with Gasteiger partial charge in [0.1, 0.15) is 0 Å². The van der Waals surface area contributed by atoms with E-state index in [1.807, 2.05) is 78.9 Å². The Hall–Kier alpha value is -4.97. The maximum Gasteiger partial charge on any atom is 0.331 e. The van der Waals surface area contributed by atoms with Gasteiger partial charge in [0.05, 0.1) is 0 Å². The Bertz CT molecular complexity index is 1660. The van der Waals surface area contributed by atoms with E-state index in [9.17, 15) is 19.5 Å². The van der Waals surface area contributed by atoms with E-state index in [1.54, 1.807) is 35.2 Å². The molecule has 4 aromatic carbocycles. The number of anilines is 2. The van der Waals surface area contributed by atoms with Crippen molar-refractivity contribution in [2.45, 2.75) is 25.7 Å². The van der Waals surface area contributed by atoms with E-state index in [2.05, 4.69) is 5.32 Å². The molecule has 0 radical (unpaired) electrons. The van der Waals surface area contributed by atoms with Gasteiger partial charge in [0, 0.05) is 34.6 Å². The summed E-state index contributed by atoms with van der Waals surface area (Å²) in [6.07, 6.45) is 4.65. The van der Waals surface area contributed by atoms with Crippen molar-refractivity contribution in [3.63, 3.8) is 0 Å². The third-order valence-corrected chi connectivity index (χ3v) is 8.20. The van der Waals surface area contributed by atoms with Gasteiger partial charge in [-0.1, -0.05) is 72.8 Å². The Kier molecular flexibility index (Phi) is 6.98. The van der Waals surface area contributed by atoms with Crippen LogP contribution in [-0.4, -0.2) is 29.4 Å². The summed E-state index contributed by atoms with van der Waals surface area (Å²) in [5, 5.41) is 12.5. The van der Waals surface area contributed by atoms with Crippen LogP contribution in [-0.2, 0) is 11.2 Å². The summed E-state index contributed by atoms with van der Waals surface area (Å²) >= 11 is 0. The molecule has 0 fully saturated rings. The van der Waals surface area contributed by atoms with Crippen LogP contribution < -0.4 is 10.2 Å². The Balaban J connectivity index is 1.21. The third kappa shape index (κ3) is 5.29. The molecule has 1 atom stereocenters. The van der Waals surface area contributed by atoms with Crippen molar-refractivity contribution in [3.8, 4) is 11.1 Å². The van der Waals surface area contributed by atoms with Crippen LogP contribution in [0.25, 0.3) is 11.1 Å². The second kappa shape index (κ2) is 10.9. The number of carboxylic acid groups (broad SMARTS) is 1. The Labute approximate surface area is 239 Å². The molecule has 0 aromatic heterocycles. The number of hydrogen-bond acceptors (Lipinski definition) is 3. The number of amides is 2. The molecule has 1 aliphatic carbocycles. The summed E-state index contributed by atoms with van der Waals surface area (Å²) in [5.74, 6) is -1.20. The minimum Gasteiger partial charge on any atom is -0.478 e. The normalized spacial score (nSPS) is 17.9. The molecule has 1 aliphatic heterocycles. The predicted octanol–water partition coefficient (Wildman–Crippen LogP) is 6.99. The molecule has 2 amide bonds. The minimum absolute atomic E-state index is 0.123. The highest BCUT2D eigenvalue weighted by molar-refractivity contribution is 6.10. The quantitative estimate of drug-likeness (QED) is 0.285. The first-order valence-electron chi connectivity index (χ1n) is 13.8. The first-order valence-corrected chi connectivity index (χ1v) is 13.8. The van der Waals surface area contributed by atoms with Gasteiger partial charge in [-0.2, -0.15) is 0 Å². The fraction of sp³-hybridized carbons (Fsp3) is 0.171. The van der Waals surface area contributed by atoms with Gasteiger partial charge in [0.25, 0.3) is 11.8 Å². The Morgan fingerprint density at radius 3 is 2.24 bits per heavy atom. The number of nitrogens with zero attached hydrogens (tertiary/aromatic N) is 1. The van der Waals surface area contributed by atoms with Crippen molar-refractivity contribution < 1.29 is 19.5 Å². The van der Waals surface area contributed by atoms with Crippen LogP contribution in [0.5, 0.6) is 0 Å². The average Bonchev–Trinajstić information content (AvgIpc) is 3.35. The maximum atomic E-state index is 13.8. The first-order chi connectivity index (χ1) is 19.9. The zero-order chi connectivity index (χ0) is 28.4. The zero-order valence-electron chi connectivity index (χ0n) is 22.5. The van der Waals surface area contributed by atoms with E-state index in [0.717, 1.165) is 28.8 Å². The van der Waals surface area contributed by atoms with Gasteiger partial charge in [0.15, 0.2) is 0 Å². The Morgan fingerprint density at radius 2 is 1.49 bits per heavy atom. The highest BCUT2D eigenvalue weighted by Gasteiger charge is 2.39. The van der Waals surface area contributed by atoms with Crippen LogP contribution in [0.15, 0.2) is 115 Å². The van der Waals surface area contributed by atoms with Crippen LogP contribution >= 0.6 is 0 Å². The van der Waals surface area contributed by atoms with Crippen LogP contribution in [0.2, 0.25) is 0 Å². The van der Waals surface area contributed by atoms with E-state index in [0.29, 0.717) is 48.2 Å². The summed E-state index contributed by atoms with van der Waals surface area (Å²) in [4.78, 5) is 40.4. The SMILES string of the molecule is O=C(O)C1=C[C@@]2(CC1)CCN(C(=O)c1ccc(NC(=O)c3ccccc3-c3ccccc3)cc1)c1ccccc1C2. The topological polar surface area (TPSA) is 86.7 Å². The van der Waals surface area contributed by atoms with E-state index in [1.165, 1.54) is 0 Å². The minimum atomic E-state index is -0.858. The molecule has 0 saturated carbocycles. The van der Waals surface area contributed by atoms with Gasteiger partial charge in [-0.15, -0.1) is 0 Å². The monoisotopic (exact) mass is 542 g/mol. The van der Waals surface area contributed by atoms with E-state index in [4.69, 9.17) is 0 Å². The molecule has 0 unspecified atom stereocenters. The summed E-state index contributed by atoms with van der Waals surface area (Å²) in [5.41, 5.74) is 5.61. The highest BCUT2D eigenvalue weighted by atomic mass is 16.4. The number of nitrogens with one attached hydrogen (secondary N) is 1. The molecule has 41 heavy (non-hydrogen) atoms. The average molecular weight is 543 g/mol. The largest absolute Gasteiger partial charge is 0.478 e. The summed E-state index contributed by atoms with van der Waals surface area (Å²) < 4.78 is 0. The molecule has 6 nitrogen and oxygen atoms in total. The lowest BCUT2D eigenvalue weighted by Gasteiger charge is -2.26. The molecule has 0 bridgehead atoms. The van der Waals surface area contributed by atoms with Crippen molar-refractivity contribution in [2.75, 3.05) is 16.8 Å². The number of para-hydroxylation sites is 1. The maximum absolute atomic E-state index is 13.8. The molecule has 1 spiro atoms. The van der Waals surface area contributed by atoms with E-state index < -0.39 is 5.97 Å². The van der Waals surface area contributed by atoms with Crippen LogP contribution in [0, 0.1) is 5.41 Å². The molecule has 2 N–H and O–H groups in total. The number of carbonyl (C=O) groups is 3. The molecule has 0 saturated heterocycles. The fourth-order valence-electron chi connectivity index (χ4n) is 6.06. The predicted molar refractivity (Wildman–Crippen MR) is 160 cm³/mol. The van der Waals surface area contributed by atoms with E-state index in [-0.39, 0.29) is 17.2 Å². The number of fused-ring (bicyclic) bond motifs is 1. The van der Waals surface area contributed by atoms with Crippen LogP contribution in [0.3, 0.4) is 0 Å². The molecule has 6 heteroatoms. The number of carboxylic acids is 1. The molecule has 6 rings (SSSR count). The second-order valence-corrected chi connectivity index (χ2v) is 10.8. The van der Waals surface area contributed by atoms with Crippen molar-refractivity contribution in [1.29, 1.82) is 0 Å². The number of aliphatic carboxylic acids is 1. The lowest BCUT2D eigenvalue weighted by atomic mass is 9.79. The van der Waals surface area contributed by atoms with Crippen molar-refractivity contribution in [2.24, 2.45) is 5.41 Å². The Morgan fingerprint density at radius 1 is 0.780 bits per heavy atom. The number of hydrogen-bond donors (Lipinski definition) is 2. The number of carbonyl (C=O) groups excluding carboxylic acids is 2. The number of allylic oxidation sites excluding steroid dienone is 1. The summed E-state index contributed by atoms with van der Waals surface area (Å²) in [6, 6.07) is 32.1. The van der Waals surface area contributed by atoms with Crippen LogP contribution in [0.1, 0.15) is 45.5 Å². The van der Waals surface area contributed by atoms with Crippen molar-refractivity contribution >= 4 is 29.2 Å². The fourth-order valence-corrected chi connectivity index (χ4v) is 6.06. The molecule has 4 aromatic rings. The molecular weight excluding hydrogens is 512 g/mol. The second-order valence-electron chi connectivity index (χ2n) is 10.8. The van der Waals surface area contributed by atoms with Gasteiger partial charge >= 0.3 is 5.97 Å². The molecule has 1 heterocycles. The first kappa shape index (κ1) is 26.3. The van der Waals surface area contributed by atoms with Gasteiger partial charge in [-0.05, 0) is 84.2 Å². The van der Waals surface area contributed by atoms with Gasteiger partial charge < -0.3 is 15.3 Å². The standard InChI is InChI=1S/C35H30N2O4/c38-32(30-12-6-5-11-29(30)24-8-2-1-3-9-24)36-28-16-14-25(15-17-28)33(39)37-21-20-35(19-18-27(23-35)34(40)41)22-26-10-4-7-13-31(26)37/h1-17,23H,18-22H2,(H,36,38)(H,40,41)/t35-/m0/s1. The van der Waals surface area contributed by atoms with Gasteiger partial charge in [-0.3, -0.25) is 9.59 Å². The summed E-state index contributed by atoms with van der Waals surface area (Å²) in [7, 11) is 0. The smallest absolute Gasteiger partial charge is 0.331 e. The van der Waals surface area contributed by atoms with E-state index >= 15 is 0 Å². The van der Waals surface area contributed by atoms with Gasteiger partial charge in [-0.25, -0.2) is 4.79 Å². The number of rotatable bonds is 5. The third-order valence-electron chi connectivity index (χ3n) is 8.20. The lowest BCUT2D eigenvalue weighted by Crippen LogP contribution is -2.33. The van der Waals surface area contributed by atoms with Crippen LogP contribution in [0.4, 0.5) is 11.4 Å². The van der Waals surface area contributed by atoms with Crippen molar-refractivity contribution in [1.82, 2.24) is 0 Å². The highest BCUT2D eigenvalue weighted by Crippen LogP contribution is 2.46. The zero-order valence-corrected chi connectivity index (χ0v) is 22.5. The van der Waals surface area contributed by atoms with Gasteiger partial charge in [0.2, 0.25) is 0 Å². The number of benzene rings is 4. The lowest BCUT2D eigenvalue weighted by molar-refractivity contribution is -0.132. The molecule has 2 aliphatic rings. The van der Waals surface area contributed by atoms with Crippen molar-refractivity contribution in [3.05, 3.63) is 131 Å². The molecule has 204 valence electrons. The summed E-state index contributed by atoms with van der Waals surface area (Å²) in [6.45, 7) is 0.494.